The van der Waals surface area contributed by atoms with Crippen molar-refractivity contribution >= 4 is 31.9 Å². The summed E-state index contributed by atoms with van der Waals surface area (Å²) in [7, 11) is 1.90. The molecule has 0 fully saturated rings. The molecule has 18 heavy (non-hydrogen) atoms. The van der Waals surface area contributed by atoms with Crippen LogP contribution >= 0.6 is 31.9 Å². The first kappa shape index (κ1) is 13.7. The first-order valence-corrected chi connectivity index (χ1v) is 7.03. The van der Waals surface area contributed by atoms with E-state index in [1.54, 1.807) is 6.20 Å². The molecule has 1 atom stereocenters. The predicted molar refractivity (Wildman–Crippen MR) is 79.0 cm³/mol. The number of halogens is 2. The highest BCUT2D eigenvalue weighted by Gasteiger charge is 2.21. The fraction of sp³-hybridized carbons (Fsp3) is 0.250. The number of nitrogens with one attached hydrogen (secondary N) is 1. The Hall–Kier alpha value is -0.690. The molecular weight excluding hydrogens is 360 g/mol. The molecule has 0 aliphatic heterocycles. The lowest BCUT2D eigenvalue weighted by molar-refractivity contribution is 0.571. The Balaban J connectivity index is 2.56. The van der Waals surface area contributed by atoms with Crippen LogP contribution < -0.4 is 11.3 Å². The highest BCUT2D eigenvalue weighted by Crippen LogP contribution is 2.31. The number of hydrogen-bond donors (Lipinski definition) is 2. The molecule has 1 unspecified atom stereocenters. The first-order chi connectivity index (χ1) is 8.56. The average molecular weight is 374 g/mol. The molecule has 3 N–H and O–H groups in total. The third kappa shape index (κ3) is 2.38. The summed E-state index contributed by atoms with van der Waals surface area (Å²) in [4.78, 5) is 0. The number of hydrazine groups is 1. The van der Waals surface area contributed by atoms with Gasteiger partial charge in [-0.1, -0.05) is 28.1 Å². The fourth-order valence-corrected chi connectivity index (χ4v) is 2.96. The minimum absolute atomic E-state index is 0.107. The van der Waals surface area contributed by atoms with E-state index in [1.807, 2.05) is 23.9 Å². The van der Waals surface area contributed by atoms with Crippen LogP contribution in [0.3, 0.4) is 0 Å². The first-order valence-electron chi connectivity index (χ1n) is 5.44. The lowest BCUT2D eigenvalue weighted by Gasteiger charge is -2.20. The van der Waals surface area contributed by atoms with Crippen molar-refractivity contribution in [2.24, 2.45) is 12.9 Å². The Morgan fingerprint density at radius 2 is 2.06 bits per heavy atom. The summed E-state index contributed by atoms with van der Waals surface area (Å²) < 4.78 is 3.82. The van der Waals surface area contributed by atoms with Gasteiger partial charge in [-0.05, 0) is 40.0 Å². The van der Waals surface area contributed by atoms with Crippen LogP contribution in [0.2, 0.25) is 0 Å². The molecule has 0 radical (unpaired) electrons. The number of rotatable bonds is 3. The quantitative estimate of drug-likeness (QED) is 0.642. The largest absolute Gasteiger partial charge is 0.271 e. The predicted octanol–water partition coefficient (Wildman–Crippen LogP) is 2.81. The second-order valence-corrected chi connectivity index (χ2v) is 5.76. The van der Waals surface area contributed by atoms with Gasteiger partial charge in [0.05, 0.1) is 22.4 Å². The number of aromatic nitrogens is 2. The van der Waals surface area contributed by atoms with Crippen molar-refractivity contribution < 1.29 is 0 Å². The molecule has 0 amide bonds. The lowest BCUT2D eigenvalue weighted by atomic mass is 9.99. The van der Waals surface area contributed by atoms with E-state index in [0.29, 0.717) is 0 Å². The van der Waals surface area contributed by atoms with Gasteiger partial charge in [0.25, 0.3) is 0 Å². The molecule has 96 valence electrons. The minimum Gasteiger partial charge on any atom is -0.271 e. The topological polar surface area (TPSA) is 55.9 Å². The van der Waals surface area contributed by atoms with E-state index in [1.165, 1.54) is 0 Å². The van der Waals surface area contributed by atoms with Crippen LogP contribution in [0.1, 0.15) is 22.9 Å². The molecule has 0 bridgehead atoms. The van der Waals surface area contributed by atoms with Gasteiger partial charge >= 0.3 is 0 Å². The maximum absolute atomic E-state index is 5.73. The normalized spacial score (nSPS) is 12.7. The summed E-state index contributed by atoms with van der Waals surface area (Å²) >= 11 is 7.05. The molecule has 0 aliphatic carbocycles. The molecule has 6 heteroatoms. The van der Waals surface area contributed by atoms with Gasteiger partial charge in [0.1, 0.15) is 0 Å². The number of nitrogens with two attached hydrogens (primary N) is 1. The van der Waals surface area contributed by atoms with Crippen LogP contribution in [0.25, 0.3) is 0 Å². The molecule has 0 saturated carbocycles. The van der Waals surface area contributed by atoms with Gasteiger partial charge in [0.15, 0.2) is 0 Å². The van der Waals surface area contributed by atoms with Crippen LogP contribution in [-0.4, -0.2) is 9.78 Å². The maximum atomic E-state index is 5.73. The van der Waals surface area contributed by atoms with Gasteiger partial charge in [-0.25, -0.2) is 5.43 Å². The van der Waals surface area contributed by atoms with Crippen molar-refractivity contribution in [3.05, 3.63) is 50.2 Å². The minimum atomic E-state index is -0.107. The summed E-state index contributed by atoms with van der Waals surface area (Å²) in [6, 6.07) is 5.97. The Kier molecular flexibility index (Phi) is 4.21. The van der Waals surface area contributed by atoms with E-state index < -0.39 is 0 Å². The molecule has 1 aromatic carbocycles. The second kappa shape index (κ2) is 5.52. The highest BCUT2D eigenvalue weighted by atomic mass is 79.9. The van der Waals surface area contributed by atoms with E-state index in [4.69, 9.17) is 5.84 Å². The standard InChI is InChI=1S/C12H14Br2N4/c1-7-8(4-3-5-9(7)13)11(17-15)12-10(14)6-16-18(12)2/h3-6,11,17H,15H2,1-2H3. The molecule has 1 aromatic heterocycles. The van der Waals surface area contributed by atoms with E-state index in [0.717, 1.165) is 25.8 Å². The van der Waals surface area contributed by atoms with Crippen molar-refractivity contribution in [3.8, 4) is 0 Å². The third-order valence-electron chi connectivity index (χ3n) is 3.00. The monoisotopic (exact) mass is 372 g/mol. The molecule has 0 aliphatic rings. The Morgan fingerprint density at radius 1 is 1.33 bits per heavy atom. The van der Waals surface area contributed by atoms with Crippen LogP contribution in [0, 0.1) is 6.92 Å². The van der Waals surface area contributed by atoms with Crippen molar-refractivity contribution in [2.75, 3.05) is 0 Å². The molecular formula is C12H14Br2N4. The summed E-state index contributed by atoms with van der Waals surface area (Å²) in [5, 5.41) is 4.23. The van der Waals surface area contributed by atoms with Crippen LogP contribution in [-0.2, 0) is 7.05 Å². The van der Waals surface area contributed by atoms with Gasteiger partial charge in [0, 0.05) is 11.5 Å². The van der Waals surface area contributed by atoms with E-state index in [9.17, 15) is 0 Å². The summed E-state index contributed by atoms with van der Waals surface area (Å²) in [5.74, 6) is 5.73. The zero-order valence-corrected chi connectivity index (χ0v) is 13.3. The Labute approximate surface area is 123 Å². The summed E-state index contributed by atoms with van der Waals surface area (Å²) in [6.45, 7) is 2.06. The third-order valence-corrected chi connectivity index (χ3v) is 4.47. The van der Waals surface area contributed by atoms with Crippen molar-refractivity contribution in [2.45, 2.75) is 13.0 Å². The zero-order chi connectivity index (χ0) is 13.3. The average Bonchev–Trinajstić information content (AvgIpc) is 2.67. The SMILES string of the molecule is Cc1c(Br)cccc1C(NN)c1c(Br)cnn1C. The van der Waals surface area contributed by atoms with Crippen molar-refractivity contribution in [3.63, 3.8) is 0 Å². The van der Waals surface area contributed by atoms with E-state index >= 15 is 0 Å². The molecule has 4 nitrogen and oxygen atoms in total. The second-order valence-electron chi connectivity index (χ2n) is 4.06. The van der Waals surface area contributed by atoms with Crippen LogP contribution in [0.4, 0.5) is 0 Å². The Morgan fingerprint density at radius 3 is 2.61 bits per heavy atom. The molecule has 0 spiro atoms. The Bertz CT molecular complexity index is 546. The molecule has 2 aromatic rings. The summed E-state index contributed by atoms with van der Waals surface area (Å²) in [6.07, 6.45) is 1.77. The van der Waals surface area contributed by atoms with Crippen LogP contribution in [0.15, 0.2) is 33.3 Å². The molecule has 0 saturated heterocycles. The number of aryl methyl sites for hydroxylation is 1. The van der Waals surface area contributed by atoms with E-state index in [-0.39, 0.29) is 6.04 Å². The lowest BCUT2D eigenvalue weighted by Crippen LogP contribution is -2.31. The zero-order valence-electron chi connectivity index (χ0n) is 10.1. The number of hydrogen-bond acceptors (Lipinski definition) is 3. The smallest absolute Gasteiger partial charge is 0.0892 e. The van der Waals surface area contributed by atoms with Crippen LogP contribution in [0.5, 0.6) is 0 Å². The molecule has 1 heterocycles. The highest BCUT2D eigenvalue weighted by molar-refractivity contribution is 9.10. The van der Waals surface area contributed by atoms with Crippen molar-refractivity contribution in [1.29, 1.82) is 0 Å². The van der Waals surface area contributed by atoms with Gasteiger partial charge in [0.2, 0.25) is 0 Å². The van der Waals surface area contributed by atoms with E-state index in [2.05, 4.69) is 55.4 Å². The number of nitrogens with zero attached hydrogens (tertiary/aromatic N) is 2. The van der Waals surface area contributed by atoms with Gasteiger partial charge in [-0.2, -0.15) is 5.10 Å². The van der Waals surface area contributed by atoms with Gasteiger partial charge in [-0.3, -0.25) is 10.5 Å². The van der Waals surface area contributed by atoms with Gasteiger partial charge < -0.3 is 0 Å². The maximum Gasteiger partial charge on any atom is 0.0892 e. The summed E-state index contributed by atoms with van der Waals surface area (Å²) in [5.41, 5.74) is 6.14. The fourth-order valence-electron chi connectivity index (χ4n) is 2.00. The number of benzene rings is 1. The van der Waals surface area contributed by atoms with Crippen molar-refractivity contribution in [1.82, 2.24) is 15.2 Å². The molecule has 2 rings (SSSR count). The van der Waals surface area contributed by atoms with Gasteiger partial charge in [-0.15, -0.1) is 0 Å².